The molecular weight excluding hydrogens is 296 g/mol. The average Bonchev–Trinajstić information content (AvgIpc) is 2.27. The first-order chi connectivity index (χ1) is 8.85. The van der Waals surface area contributed by atoms with E-state index in [9.17, 15) is 26.3 Å². The molecule has 11 heteroatoms. The lowest BCUT2D eigenvalue weighted by Crippen LogP contribution is -2.21. The van der Waals surface area contributed by atoms with Crippen molar-refractivity contribution in [1.29, 1.82) is 0 Å². The van der Waals surface area contributed by atoms with Gasteiger partial charge in [-0.1, -0.05) is 0 Å². The molecule has 0 aliphatic rings. The fourth-order valence-corrected chi connectivity index (χ4v) is 0.735. The van der Waals surface area contributed by atoms with Gasteiger partial charge in [-0.15, -0.1) is 0 Å². The fraction of sp³-hybridized carbons (Fsp3) is 0.444. The highest BCUT2D eigenvalue weighted by Crippen LogP contribution is 2.26. The number of hydrogen-bond acceptors (Lipinski definition) is 4. The van der Waals surface area contributed by atoms with E-state index in [4.69, 9.17) is 9.90 Å². The number of anilines is 1. The number of aromatic nitrogens is 2. The molecule has 0 saturated carbocycles. The topological polar surface area (TPSA) is 66.3 Å². The lowest BCUT2D eigenvalue weighted by molar-refractivity contribution is -0.192. The maximum absolute atomic E-state index is 12.1. The molecule has 0 aliphatic carbocycles. The van der Waals surface area contributed by atoms with Gasteiger partial charge in [0, 0.05) is 20.3 Å². The van der Waals surface area contributed by atoms with Crippen LogP contribution in [-0.4, -0.2) is 41.3 Å². The molecule has 0 bridgehead atoms. The molecule has 1 aromatic heterocycles. The lowest BCUT2D eigenvalue weighted by Gasteiger charge is -2.12. The third-order valence-corrected chi connectivity index (χ3v) is 1.60. The minimum Gasteiger partial charge on any atom is -0.475 e. The summed E-state index contributed by atoms with van der Waals surface area (Å²) in [5.41, 5.74) is 0. The van der Waals surface area contributed by atoms with Crippen LogP contribution in [0.4, 0.5) is 32.2 Å². The summed E-state index contributed by atoms with van der Waals surface area (Å²) in [7, 11) is 3.23. The third-order valence-electron chi connectivity index (χ3n) is 1.60. The Morgan fingerprint density at radius 1 is 1.20 bits per heavy atom. The maximum Gasteiger partial charge on any atom is 0.490 e. The first kappa shape index (κ1) is 17.9. The normalized spacial score (nSPS) is 11.4. The number of halogens is 6. The van der Waals surface area contributed by atoms with E-state index in [1.807, 2.05) is 0 Å². The Labute approximate surface area is 108 Å². The van der Waals surface area contributed by atoms with Crippen molar-refractivity contribution in [3.8, 4) is 0 Å². The molecule has 0 amide bonds. The van der Waals surface area contributed by atoms with Crippen LogP contribution in [0.5, 0.6) is 0 Å². The number of rotatable bonds is 1. The third kappa shape index (κ3) is 6.20. The number of carboxylic acids is 1. The SMILES string of the molecule is CN(C)c1ccnc(C(F)(F)F)n1.O=C(O)C(F)(F)F. The van der Waals surface area contributed by atoms with Crippen LogP contribution < -0.4 is 4.90 Å². The minimum atomic E-state index is -5.08. The zero-order valence-electron chi connectivity index (χ0n) is 10.1. The number of carboxylic acid groups (broad SMARTS) is 1. The highest BCUT2D eigenvalue weighted by atomic mass is 19.4. The smallest absolute Gasteiger partial charge is 0.475 e. The van der Waals surface area contributed by atoms with Gasteiger partial charge in [0.15, 0.2) is 0 Å². The molecule has 1 heterocycles. The van der Waals surface area contributed by atoms with Gasteiger partial charge in [0.05, 0.1) is 0 Å². The summed E-state index contributed by atoms with van der Waals surface area (Å²) in [6, 6.07) is 1.41. The van der Waals surface area contributed by atoms with E-state index < -0.39 is 24.1 Å². The lowest BCUT2D eigenvalue weighted by atomic mass is 10.5. The maximum atomic E-state index is 12.1. The van der Waals surface area contributed by atoms with Crippen molar-refractivity contribution in [2.75, 3.05) is 19.0 Å². The Morgan fingerprint density at radius 3 is 1.95 bits per heavy atom. The molecule has 0 aliphatic heterocycles. The highest BCUT2D eigenvalue weighted by Gasteiger charge is 2.38. The summed E-state index contributed by atoms with van der Waals surface area (Å²) in [6.07, 6.45) is -8.48. The van der Waals surface area contributed by atoms with Gasteiger partial charge < -0.3 is 10.0 Å². The second-order valence-electron chi connectivity index (χ2n) is 3.43. The molecule has 1 aromatic rings. The van der Waals surface area contributed by atoms with E-state index in [1.54, 1.807) is 14.1 Å². The van der Waals surface area contributed by atoms with Gasteiger partial charge in [-0.05, 0) is 6.07 Å². The molecule has 0 saturated heterocycles. The van der Waals surface area contributed by atoms with Gasteiger partial charge in [-0.3, -0.25) is 0 Å². The van der Waals surface area contributed by atoms with Crippen molar-refractivity contribution in [2.45, 2.75) is 12.4 Å². The van der Waals surface area contributed by atoms with Crippen LogP contribution in [0.15, 0.2) is 12.3 Å². The second-order valence-corrected chi connectivity index (χ2v) is 3.43. The van der Waals surface area contributed by atoms with Crippen molar-refractivity contribution >= 4 is 11.8 Å². The summed E-state index contributed by atoms with van der Waals surface area (Å²) in [4.78, 5) is 16.8. The summed E-state index contributed by atoms with van der Waals surface area (Å²) in [6.45, 7) is 0. The molecule has 1 rings (SSSR count). The number of carbonyl (C=O) groups is 1. The van der Waals surface area contributed by atoms with E-state index in [1.165, 1.54) is 11.0 Å². The van der Waals surface area contributed by atoms with Crippen molar-refractivity contribution in [2.24, 2.45) is 0 Å². The molecule has 0 spiro atoms. The van der Waals surface area contributed by atoms with E-state index in [-0.39, 0.29) is 5.82 Å². The molecule has 0 fully saturated rings. The molecule has 0 radical (unpaired) electrons. The zero-order valence-corrected chi connectivity index (χ0v) is 10.1. The highest BCUT2D eigenvalue weighted by molar-refractivity contribution is 5.73. The number of hydrogen-bond donors (Lipinski definition) is 1. The Kier molecular flexibility index (Phi) is 5.73. The summed E-state index contributed by atoms with van der Waals surface area (Å²) in [5, 5.41) is 7.12. The van der Waals surface area contributed by atoms with Crippen LogP contribution in [0.2, 0.25) is 0 Å². The van der Waals surface area contributed by atoms with Gasteiger partial charge in [-0.2, -0.15) is 26.3 Å². The fourth-order valence-electron chi connectivity index (χ4n) is 0.735. The van der Waals surface area contributed by atoms with Gasteiger partial charge in [0.2, 0.25) is 5.82 Å². The van der Waals surface area contributed by atoms with E-state index in [0.717, 1.165) is 6.20 Å². The minimum absolute atomic E-state index is 0.238. The Hall–Kier alpha value is -2.07. The monoisotopic (exact) mass is 305 g/mol. The Balaban J connectivity index is 0.000000441. The molecule has 0 atom stereocenters. The van der Waals surface area contributed by atoms with Crippen molar-refractivity contribution in [3.05, 3.63) is 18.1 Å². The van der Waals surface area contributed by atoms with Crippen LogP contribution in [0.1, 0.15) is 5.82 Å². The van der Waals surface area contributed by atoms with Gasteiger partial charge in [-0.25, -0.2) is 14.8 Å². The zero-order chi connectivity index (χ0) is 16.1. The van der Waals surface area contributed by atoms with E-state index >= 15 is 0 Å². The van der Waals surface area contributed by atoms with Crippen molar-refractivity contribution < 1.29 is 36.2 Å². The second kappa shape index (κ2) is 6.39. The molecule has 114 valence electrons. The van der Waals surface area contributed by atoms with Crippen LogP contribution in [0.25, 0.3) is 0 Å². The Bertz CT molecular complexity index is 458. The first-order valence-electron chi connectivity index (χ1n) is 4.73. The quantitative estimate of drug-likeness (QED) is 0.806. The van der Waals surface area contributed by atoms with E-state index in [2.05, 4.69) is 9.97 Å². The number of aliphatic carboxylic acids is 1. The molecular formula is C9H9F6N3O2. The number of nitrogens with zero attached hydrogens (tertiary/aromatic N) is 3. The van der Waals surface area contributed by atoms with Crippen LogP contribution in [0.3, 0.4) is 0 Å². The summed E-state index contributed by atoms with van der Waals surface area (Å²) in [5.74, 6) is -3.63. The molecule has 0 aromatic carbocycles. The van der Waals surface area contributed by atoms with Crippen molar-refractivity contribution in [1.82, 2.24) is 9.97 Å². The van der Waals surface area contributed by atoms with Crippen molar-refractivity contribution in [3.63, 3.8) is 0 Å². The standard InChI is InChI=1S/C7H8F3N3.C2HF3O2/c1-13(2)5-3-4-11-6(12-5)7(8,9)10;3-2(4,5)1(6)7/h3-4H,1-2H3;(H,6,7). The van der Waals surface area contributed by atoms with Gasteiger partial charge >= 0.3 is 18.3 Å². The van der Waals surface area contributed by atoms with Gasteiger partial charge in [0.1, 0.15) is 5.82 Å². The molecule has 20 heavy (non-hydrogen) atoms. The van der Waals surface area contributed by atoms with Crippen LogP contribution >= 0.6 is 0 Å². The largest absolute Gasteiger partial charge is 0.490 e. The molecule has 0 unspecified atom stereocenters. The molecule has 5 nitrogen and oxygen atoms in total. The first-order valence-corrected chi connectivity index (χ1v) is 4.73. The van der Waals surface area contributed by atoms with E-state index in [0.29, 0.717) is 0 Å². The average molecular weight is 305 g/mol. The van der Waals surface area contributed by atoms with Crippen LogP contribution in [-0.2, 0) is 11.0 Å². The van der Waals surface area contributed by atoms with Crippen LogP contribution in [0, 0.1) is 0 Å². The summed E-state index contributed by atoms with van der Waals surface area (Å²) < 4.78 is 68.0. The summed E-state index contributed by atoms with van der Waals surface area (Å²) >= 11 is 0. The van der Waals surface area contributed by atoms with Gasteiger partial charge in [0.25, 0.3) is 0 Å². The predicted molar refractivity (Wildman–Crippen MR) is 55.1 cm³/mol. The number of alkyl halides is 6. The molecule has 1 N–H and O–H groups in total. The predicted octanol–water partition coefficient (Wildman–Crippen LogP) is 2.19. The Morgan fingerprint density at radius 2 is 1.65 bits per heavy atom.